The number of rotatable bonds is 0. The van der Waals surface area contributed by atoms with Crippen LogP contribution < -0.4 is 9.50 Å². The van der Waals surface area contributed by atoms with Crippen LogP contribution >= 0.6 is 0 Å². The first-order valence-electron chi connectivity index (χ1n) is 7.54. The van der Waals surface area contributed by atoms with Crippen molar-refractivity contribution in [3.8, 4) is 5.88 Å². The maximum absolute atomic E-state index is 12.0. The van der Waals surface area contributed by atoms with Gasteiger partial charge >= 0.3 is 10.4 Å². The van der Waals surface area contributed by atoms with Crippen LogP contribution in [0.4, 0.5) is 0 Å². The molecular weight excluding hydrogens is 304 g/mol. The van der Waals surface area contributed by atoms with Gasteiger partial charge in [-0.1, -0.05) is 12.1 Å². The second kappa shape index (κ2) is 4.04. The third kappa shape index (κ3) is 1.48. The van der Waals surface area contributed by atoms with E-state index in [1.54, 1.807) is 0 Å². The Morgan fingerprint density at radius 3 is 3.09 bits per heavy atom. The summed E-state index contributed by atoms with van der Waals surface area (Å²) in [7, 11) is -2.17. The van der Waals surface area contributed by atoms with E-state index >= 15 is 0 Å². The zero-order valence-electron chi connectivity index (χ0n) is 12.1. The Hall–Kier alpha value is -1.57. The molecule has 3 unspecified atom stereocenters. The van der Waals surface area contributed by atoms with Crippen LogP contribution in [-0.2, 0) is 21.6 Å². The van der Waals surface area contributed by atoms with Gasteiger partial charge in [0.25, 0.3) is 0 Å². The lowest BCUT2D eigenvalue weighted by Gasteiger charge is -2.42. The molecule has 3 atom stereocenters. The zero-order valence-corrected chi connectivity index (χ0v) is 12.9. The summed E-state index contributed by atoms with van der Waals surface area (Å²) in [5.74, 6) is 0.669. The SMILES string of the molecule is Cn1c2c3c4c(cccc41)C1CCCNC1C3OS(=O)(=O)O2. The molecule has 1 fully saturated rings. The number of aryl methyl sites for hydroxylation is 1. The molecule has 1 aliphatic carbocycles. The highest BCUT2D eigenvalue weighted by Crippen LogP contribution is 2.53. The molecule has 3 aliphatic rings. The van der Waals surface area contributed by atoms with E-state index in [4.69, 9.17) is 8.37 Å². The van der Waals surface area contributed by atoms with Gasteiger partial charge in [0, 0.05) is 24.4 Å². The number of nitrogens with one attached hydrogen (secondary N) is 1. The summed E-state index contributed by atoms with van der Waals surface area (Å²) >= 11 is 0. The van der Waals surface area contributed by atoms with Gasteiger partial charge in [0.2, 0.25) is 5.88 Å². The van der Waals surface area contributed by atoms with E-state index in [9.17, 15) is 8.42 Å². The number of benzene rings is 1. The van der Waals surface area contributed by atoms with Gasteiger partial charge in [-0.15, -0.1) is 0 Å². The standard InChI is InChI=1S/C15H16N2O4S/c1-17-10-6-2-4-8-9-5-3-7-16-13(9)14-12(11(8)10)15(17)21-22(18,19)20-14/h2,4,6,9,13-14,16H,3,5,7H2,1H3. The summed E-state index contributed by atoms with van der Waals surface area (Å²) in [4.78, 5) is 0. The summed E-state index contributed by atoms with van der Waals surface area (Å²) in [6.07, 6.45) is 1.63. The average Bonchev–Trinajstić information content (AvgIpc) is 2.79. The maximum atomic E-state index is 12.0. The van der Waals surface area contributed by atoms with Gasteiger partial charge in [-0.05, 0) is 31.0 Å². The molecule has 0 radical (unpaired) electrons. The van der Waals surface area contributed by atoms with Crippen molar-refractivity contribution in [2.24, 2.45) is 7.05 Å². The molecule has 116 valence electrons. The Morgan fingerprint density at radius 2 is 2.23 bits per heavy atom. The molecule has 0 saturated carbocycles. The molecule has 2 aliphatic heterocycles. The van der Waals surface area contributed by atoms with Crippen LogP contribution in [0.5, 0.6) is 5.88 Å². The van der Waals surface area contributed by atoms with E-state index in [-0.39, 0.29) is 12.0 Å². The van der Waals surface area contributed by atoms with Gasteiger partial charge in [0.1, 0.15) is 6.10 Å². The van der Waals surface area contributed by atoms with Gasteiger partial charge in [-0.25, -0.2) is 4.18 Å². The van der Waals surface area contributed by atoms with Gasteiger partial charge in [-0.3, -0.25) is 0 Å². The molecule has 3 heterocycles. The van der Waals surface area contributed by atoms with Crippen molar-refractivity contribution >= 4 is 21.3 Å². The molecule has 1 aromatic carbocycles. The fraction of sp³-hybridized carbons (Fsp3) is 0.467. The molecule has 0 spiro atoms. The van der Waals surface area contributed by atoms with Crippen LogP contribution in [0, 0.1) is 0 Å². The smallest absolute Gasteiger partial charge is 0.342 e. The Bertz CT molecular complexity index is 902. The van der Waals surface area contributed by atoms with Crippen LogP contribution in [0.15, 0.2) is 18.2 Å². The van der Waals surface area contributed by atoms with Crippen LogP contribution in [0.1, 0.15) is 36.0 Å². The summed E-state index contributed by atoms with van der Waals surface area (Å²) < 4.78 is 36.4. The van der Waals surface area contributed by atoms with E-state index in [2.05, 4.69) is 11.4 Å². The first kappa shape index (κ1) is 12.9. The first-order chi connectivity index (χ1) is 10.6. The molecule has 22 heavy (non-hydrogen) atoms. The lowest BCUT2D eigenvalue weighted by Crippen LogP contribution is -2.48. The van der Waals surface area contributed by atoms with Crippen molar-refractivity contribution in [1.82, 2.24) is 9.88 Å². The van der Waals surface area contributed by atoms with Crippen molar-refractivity contribution < 1.29 is 16.8 Å². The molecule has 0 bridgehead atoms. The lowest BCUT2D eigenvalue weighted by atomic mass is 9.74. The predicted molar refractivity (Wildman–Crippen MR) is 80.1 cm³/mol. The van der Waals surface area contributed by atoms with Crippen molar-refractivity contribution in [2.45, 2.75) is 30.9 Å². The summed E-state index contributed by atoms with van der Waals surface area (Å²) in [5.41, 5.74) is 3.14. The summed E-state index contributed by atoms with van der Waals surface area (Å²) in [6, 6.07) is 6.16. The molecule has 1 saturated heterocycles. The number of aromatic nitrogens is 1. The highest BCUT2D eigenvalue weighted by molar-refractivity contribution is 7.82. The predicted octanol–water partition coefficient (Wildman–Crippen LogP) is 1.72. The summed E-state index contributed by atoms with van der Waals surface area (Å²) in [6.45, 7) is 0.884. The maximum Gasteiger partial charge on any atom is 0.451 e. The first-order valence-corrected chi connectivity index (χ1v) is 8.87. The zero-order chi connectivity index (χ0) is 15.1. The molecule has 1 aromatic heterocycles. The van der Waals surface area contributed by atoms with Crippen molar-refractivity contribution in [1.29, 1.82) is 0 Å². The molecule has 7 heteroatoms. The van der Waals surface area contributed by atoms with Crippen LogP contribution in [-0.4, -0.2) is 25.6 Å². The van der Waals surface area contributed by atoms with Crippen molar-refractivity contribution in [2.75, 3.05) is 6.54 Å². The lowest BCUT2D eigenvalue weighted by molar-refractivity contribution is 0.0992. The summed E-state index contributed by atoms with van der Waals surface area (Å²) in [5, 5.41) is 4.56. The Labute approximate surface area is 128 Å². The van der Waals surface area contributed by atoms with Crippen molar-refractivity contribution in [3.63, 3.8) is 0 Å². The number of nitrogens with zero attached hydrogens (tertiary/aromatic N) is 1. The Kier molecular flexibility index (Phi) is 2.37. The minimum atomic E-state index is -4.01. The highest BCUT2D eigenvalue weighted by atomic mass is 32.3. The van der Waals surface area contributed by atoms with Crippen molar-refractivity contribution in [3.05, 3.63) is 29.3 Å². The minimum absolute atomic E-state index is 0.0216. The Morgan fingerprint density at radius 1 is 1.36 bits per heavy atom. The van der Waals surface area contributed by atoms with E-state index in [0.717, 1.165) is 35.9 Å². The largest absolute Gasteiger partial charge is 0.451 e. The molecule has 6 nitrogen and oxygen atoms in total. The van der Waals surface area contributed by atoms with Crippen LogP contribution in [0.2, 0.25) is 0 Å². The average molecular weight is 320 g/mol. The molecule has 0 amide bonds. The number of piperidine rings is 1. The number of hydrogen-bond donors (Lipinski definition) is 1. The number of hydrogen-bond acceptors (Lipinski definition) is 5. The topological polar surface area (TPSA) is 69.6 Å². The molecule has 5 rings (SSSR count). The quantitative estimate of drug-likeness (QED) is 0.800. The van der Waals surface area contributed by atoms with Gasteiger partial charge in [0.05, 0.1) is 11.1 Å². The van der Waals surface area contributed by atoms with E-state index < -0.39 is 16.5 Å². The molecular formula is C15H16N2O4S. The third-order valence-corrected chi connectivity index (χ3v) is 5.96. The van der Waals surface area contributed by atoms with Gasteiger partial charge in [0.15, 0.2) is 0 Å². The van der Waals surface area contributed by atoms with Gasteiger partial charge in [-0.2, -0.15) is 8.42 Å². The fourth-order valence-corrected chi connectivity index (χ4v) is 5.22. The van der Waals surface area contributed by atoms with Gasteiger partial charge < -0.3 is 14.1 Å². The second-order valence-corrected chi connectivity index (χ2v) is 7.43. The van der Waals surface area contributed by atoms with E-state index in [1.807, 2.05) is 23.7 Å². The van der Waals surface area contributed by atoms with Crippen LogP contribution in [0.25, 0.3) is 10.9 Å². The molecule has 1 N–H and O–H groups in total. The van der Waals surface area contributed by atoms with Crippen LogP contribution in [0.3, 0.4) is 0 Å². The molecule has 2 aromatic rings. The van der Waals surface area contributed by atoms with E-state index in [1.165, 1.54) is 5.56 Å². The number of fused-ring (bicyclic) bond motifs is 3. The van der Waals surface area contributed by atoms with E-state index in [0.29, 0.717) is 5.88 Å². The second-order valence-electron chi connectivity index (χ2n) is 6.26. The Balaban J connectivity index is 1.91. The monoisotopic (exact) mass is 320 g/mol. The highest BCUT2D eigenvalue weighted by Gasteiger charge is 2.48. The normalized spacial score (nSPS) is 31.6. The minimum Gasteiger partial charge on any atom is -0.342 e. The fourth-order valence-electron chi connectivity index (χ4n) is 4.31. The third-order valence-electron chi connectivity index (χ3n) is 5.16.